The van der Waals surface area contributed by atoms with E-state index >= 15 is 0 Å². The van der Waals surface area contributed by atoms with Crippen molar-refractivity contribution in [3.8, 4) is 0 Å². The summed E-state index contributed by atoms with van der Waals surface area (Å²) in [6.45, 7) is 1.54. The molecule has 0 amide bonds. The molecule has 2 aromatic rings. The van der Waals surface area contributed by atoms with Gasteiger partial charge in [0.15, 0.2) is 5.69 Å². The summed E-state index contributed by atoms with van der Waals surface area (Å²) < 4.78 is 38.9. The van der Waals surface area contributed by atoms with E-state index in [1.165, 1.54) is 11.3 Å². The Hall–Kier alpha value is -1.87. The molecule has 126 valence electrons. The number of hydrogen-bond acceptors (Lipinski definition) is 6. The number of aromatic nitrogens is 2. The highest BCUT2D eigenvalue weighted by Crippen LogP contribution is 2.29. The third kappa shape index (κ3) is 5.68. The Bertz CT molecular complexity index is 613. The minimum Gasteiger partial charge on any atom is -0.365 e. The first-order chi connectivity index (χ1) is 10.8. The normalized spacial score (nSPS) is 11.7. The maximum atomic E-state index is 13.0. The Labute approximate surface area is 136 Å². The van der Waals surface area contributed by atoms with Crippen molar-refractivity contribution in [2.75, 3.05) is 37.8 Å². The highest BCUT2D eigenvalue weighted by molar-refractivity contribution is 7.09. The first kappa shape index (κ1) is 17.5. The van der Waals surface area contributed by atoms with E-state index in [0.29, 0.717) is 19.6 Å². The SMILES string of the molecule is CN(C)CCNc1nc(NCc2cccs2)cc(C(F)(F)F)n1. The molecule has 0 aliphatic carbocycles. The second kappa shape index (κ2) is 7.60. The molecule has 9 heteroatoms. The Morgan fingerprint density at radius 3 is 2.61 bits per heavy atom. The molecule has 0 atom stereocenters. The van der Waals surface area contributed by atoms with Gasteiger partial charge in [-0.25, -0.2) is 4.98 Å². The van der Waals surface area contributed by atoms with Crippen molar-refractivity contribution >= 4 is 23.1 Å². The van der Waals surface area contributed by atoms with Crippen LogP contribution in [-0.2, 0) is 12.7 Å². The molecule has 0 radical (unpaired) electrons. The van der Waals surface area contributed by atoms with Crippen molar-refractivity contribution in [2.45, 2.75) is 12.7 Å². The summed E-state index contributed by atoms with van der Waals surface area (Å²) in [5.41, 5.74) is -0.964. The van der Waals surface area contributed by atoms with Crippen molar-refractivity contribution in [3.63, 3.8) is 0 Å². The zero-order valence-corrected chi connectivity index (χ0v) is 13.6. The van der Waals surface area contributed by atoms with Crippen molar-refractivity contribution in [1.29, 1.82) is 0 Å². The van der Waals surface area contributed by atoms with Gasteiger partial charge >= 0.3 is 6.18 Å². The van der Waals surface area contributed by atoms with Gasteiger partial charge in [-0.15, -0.1) is 11.3 Å². The fourth-order valence-corrected chi connectivity index (χ4v) is 2.39. The number of anilines is 2. The van der Waals surface area contributed by atoms with Crippen molar-refractivity contribution in [1.82, 2.24) is 14.9 Å². The topological polar surface area (TPSA) is 53.1 Å². The van der Waals surface area contributed by atoms with Crippen LogP contribution in [0.1, 0.15) is 10.6 Å². The summed E-state index contributed by atoms with van der Waals surface area (Å²) in [4.78, 5) is 10.6. The Balaban J connectivity index is 2.12. The molecule has 0 unspecified atom stereocenters. The van der Waals surface area contributed by atoms with Gasteiger partial charge in [-0.3, -0.25) is 0 Å². The number of rotatable bonds is 7. The van der Waals surface area contributed by atoms with Crippen LogP contribution >= 0.6 is 11.3 Å². The summed E-state index contributed by atoms with van der Waals surface area (Å²) in [6, 6.07) is 4.71. The highest BCUT2D eigenvalue weighted by Gasteiger charge is 2.33. The number of alkyl halides is 3. The van der Waals surface area contributed by atoms with Crippen LogP contribution in [0, 0.1) is 0 Å². The molecule has 0 aliphatic rings. The van der Waals surface area contributed by atoms with E-state index < -0.39 is 11.9 Å². The average molecular weight is 345 g/mol. The third-order valence-corrected chi connectivity index (χ3v) is 3.76. The molecular formula is C14H18F3N5S. The molecule has 23 heavy (non-hydrogen) atoms. The predicted molar refractivity (Wildman–Crippen MR) is 85.7 cm³/mol. The Kier molecular flexibility index (Phi) is 5.78. The molecule has 2 N–H and O–H groups in total. The Morgan fingerprint density at radius 1 is 1.22 bits per heavy atom. The van der Waals surface area contributed by atoms with Gasteiger partial charge in [-0.2, -0.15) is 18.2 Å². The van der Waals surface area contributed by atoms with Gasteiger partial charge < -0.3 is 15.5 Å². The average Bonchev–Trinajstić information content (AvgIpc) is 2.97. The minimum absolute atomic E-state index is 0.0321. The summed E-state index contributed by atoms with van der Waals surface area (Å²) in [5.74, 6) is 0.114. The van der Waals surface area contributed by atoms with Crippen molar-refractivity contribution in [3.05, 3.63) is 34.2 Å². The first-order valence-corrected chi connectivity index (χ1v) is 7.83. The zero-order chi connectivity index (χ0) is 16.9. The van der Waals surface area contributed by atoms with Crippen LogP contribution < -0.4 is 10.6 Å². The van der Waals surface area contributed by atoms with Gasteiger partial charge in [0.1, 0.15) is 5.82 Å². The van der Waals surface area contributed by atoms with E-state index in [1.54, 1.807) is 0 Å². The fourth-order valence-electron chi connectivity index (χ4n) is 1.74. The second-order valence-electron chi connectivity index (χ2n) is 5.12. The second-order valence-corrected chi connectivity index (χ2v) is 6.16. The smallest absolute Gasteiger partial charge is 0.365 e. The van der Waals surface area contributed by atoms with Gasteiger partial charge in [0.2, 0.25) is 5.95 Å². The molecule has 0 aliphatic heterocycles. The molecule has 0 saturated carbocycles. The van der Waals surface area contributed by atoms with Crippen LogP contribution in [0.5, 0.6) is 0 Å². The van der Waals surface area contributed by atoms with Crippen LogP contribution in [0.2, 0.25) is 0 Å². The summed E-state index contributed by atoms with van der Waals surface area (Å²) in [6.07, 6.45) is -4.51. The summed E-state index contributed by atoms with van der Waals surface area (Å²) in [5, 5.41) is 7.64. The summed E-state index contributed by atoms with van der Waals surface area (Å²) in [7, 11) is 3.76. The standard InChI is InChI=1S/C14H18F3N5S/c1-22(2)6-5-18-13-20-11(14(15,16)17)8-12(21-13)19-9-10-4-3-7-23-10/h3-4,7-8H,5-6,9H2,1-2H3,(H2,18,19,20,21). The van der Waals surface area contributed by atoms with Crippen molar-refractivity contribution < 1.29 is 13.2 Å². The van der Waals surface area contributed by atoms with Gasteiger partial charge in [0.05, 0.1) is 6.54 Å². The lowest BCUT2D eigenvalue weighted by Gasteiger charge is -2.14. The third-order valence-electron chi connectivity index (χ3n) is 2.88. The maximum absolute atomic E-state index is 13.0. The minimum atomic E-state index is -4.51. The van der Waals surface area contributed by atoms with Gasteiger partial charge in [-0.05, 0) is 25.5 Å². The molecule has 0 fully saturated rings. The lowest BCUT2D eigenvalue weighted by atomic mass is 10.3. The largest absolute Gasteiger partial charge is 0.433 e. The van der Waals surface area contributed by atoms with E-state index in [4.69, 9.17) is 0 Å². The van der Waals surface area contributed by atoms with E-state index in [1.807, 2.05) is 36.5 Å². The van der Waals surface area contributed by atoms with Crippen LogP contribution in [0.25, 0.3) is 0 Å². The van der Waals surface area contributed by atoms with E-state index in [9.17, 15) is 13.2 Å². The number of likely N-dealkylation sites (N-methyl/N-ethyl adjacent to an activating group) is 1. The number of thiophene rings is 1. The number of nitrogens with one attached hydrogen (secondary N) is 2. The van der Waals surface area contributed by atoms with Gasteiger partial charge in [0, 0.05) is 24.0 Å². The zero-order valence-electron chi connectivity index (χ0n) is 12.8. The number of hydrogen-bond donors (Lipinski definition) is 2. The molecule has 2 rings (SSSR count). The molecule has 5 nitrogen and oxygen atoms in total. The quantitative estimate of drug-likeness (QED) is 0.807. The molecule has 0 saturated heterocycles. The molecule has 2 aromatic heterocycles. The Morgan fingerprint density at radius 2 is 2.00 bits per heavy atom. The molecule has 2 heterocycles. The predicted octanol–water partition coefficient (Wildman–Crippen LogP) is 3.14. The van der Waals surface area contributed by atoms with E-state index in [0.717, 1.165) is 10.9 Å². The molecular weight excluding hydrogens is 327 g/mol. The van der Waals surface area contributed by atoms with Crippen LogP contribution in [0.3, 0.4) is 0 Å². The number of nitrogens with zero attached hydrogens (tertiary/aromatic N) is 3. The molecule has 0 spiro atoms. The monoisotopic (exact) mass is 345 g/mol. The van der Waals surface area contributed by atoms with Crippen molar-refractivity contribution in [2.24, 2.45) is 0 Å². The lowest BCUT2D eigenvalue weighted by Crippen LogP contribution is -2.22. The first-order valence-electron chi connectivity index (χ1n) is 6.96. The van der Waals surface area contributed by atoms with E-state index in [-0.39, 0.29) is 11.8 Å². The lowest BCUT2D eigenvalue weighted by molar-refractivity contribution is -0.141. The van der Waals surface area contributed by atoms with Crippen LogP contribution in [0.4, 0.5) is 24.9 Å². The maximum Gasteiger partial charge on any atom is 0.433 e. The van der Waals surface area contributed by atoms with Gasteiger partial charge in [0.25, 0.3) is 0 Å². The van der Waals surface area contributed by atoms with E-state index in [2.05, 4.69) is 20.6 Å². The van der Waals surface area contributed by atoms with Crippen LogP contribution in [-0.4, -0.2) is 42.1 Å². The fraction of sp³-hybridized carbons (Fsp3) is 0.429. The van der Waals surface area contributed by atoms with Gasteiger partial charge in [-0.1, -0.05) is 6.07 Å². The summed E-state index contributed by atoms with van der Waals surface area (Å²) >= 11 is 1.52. The molecule has 0 aromatic carbocycles. The van der Waals surface area contributed by atoms with Crippen LogP contribution in [0.15, 0.2) is 23.6 Å². The number of halogens is 3. The molecule has 0 bridgehead atoms. The highest BCUT2D eigenvalue weighted by atomic mass is 32.1.